The summed E-state index contributed by atoms with van der Waals surface area (Å²) >= 11 is 0. The molecular weight excluding hydrogens is 386 g/mol. The van der Waals surface area contributed by atoms with E-state index in [2.05, 4.69) is 15.0 Å². The predicted molar refractivity (Wildman–Crippen MR) is 115 cm³/mol. The predicted octanol–water partition coefficient (Wildman–Crippen LogP) is 3.92. The van der Waals surface area contributed by atoms with Crippen molar-refractivity contribution in [2.45, 2.75) is 32.6 Å². The Balaban J connectivity index is 1.59. The van der Waals surface area contributed by atoms with Crippen LogP contribution < -0.4 is 10.0 Å². The zero-order valence-corrected chi connectivity index (χ0v) is 17.0. The highest BCUT2D eigenvalue weighted by Gasteiger charge is 2.20. The number of hydrogen-bond acceptors (Lipinski definition) is 6. The molecule has 29 heavy (non-hydrogen) atoms. The van der Waals surface area contributed by atoms with Gasteiger partial charge in [0.25, 0.3) is 0 Å². The number of benzene rings is 1. The second-order valence-electron chi connectivity index (χ2n) is 7.03. The van der Waals surface area contributed by atoms with Crippen molar-refractivity contribution in [3.05, 3.63) is 60.0 Å². The van der Waals surface area contributed by atoms with E-state index < -0.39 is 10.0 Å². The van der Waals surface area contributed by atoms with Crippen molar-refractivity contribution in [2.24, 2.45) is 0 Å². The van der Waals surface area contributed by atoms with Crippen molar-refractivity contribution in [1.82, 2.24) is 15.0 Å². The summed E-state index contributed by atoms with van der Waals surface area (Å²) in [5.41, 5.74) is 4.55. The number of hydrogen-bond donors (Lipinski definition) is 2. The van der Waals surface area contributed by atoms with Gasteiger partial charge in [-0.3, -0.25) is 9.71 Å². The van der Waals surface area contributed by atoms with Crippen LogP contribution in [0.3, 0.4) is 0 Å². The number of pyridine rings is 1. The molecule has 8 heteroatoms. The maximum atomic E-state index is 11.9. The van der Waals surface area contributed by atoms with Gasteiger partial charge in [0, 0.05) is 40.6 Å². The third kappa shape index (κ3) is 4.54. The molecule has 0 aliphatic heterocycles. The Labute approximate surface area is 170 Å². The zero-order valence-electron chi connectivity index (χ0n) is 16.2. The third-order valence-electron chi connectivity index (χ3n) is 4.77. The summed E-state index contributed by atoms with van der Waals surface area (Å²) in [5, 5.41) is 3.39. The monoisotopic (exact) mass is 409 g/mol. The van der Waals surface area contributed by atoms with E-state index in [0.717, 1.165) is 47.6 Å². The Kier molecular flexibility index (Phi) is 5.44. The van der Waals surface area contributed by atoms with Gasteiger partial charge in [-0.2, -0.15) is 0 Å². The van der Waals surface area contributed by atoms with E-state index in [-0.39, 0.29) is 5.75 Å². The Hall–Kier alpha value is -3.00. The highest BCUT2D eigenvalue weighted by Crippen LogP contribution is 2.31. The molecule has 0 bridgehead atoms. The number of aryl methyl sites for hydroxylation is 1. The van der Waals surface area contributed by atoms with Gasteiger partial charge in [0.15, 0.2) is 5.82 Å². The van der Waals surface area contributed by atoms with Crippen LogP contribution in [0.15, 0.2) is 48.8 Å². The molecule has 0 atom stereocenters. The number of aromatic nitrogens is 3. The van der Waals surface area contributed by atoms with Crippen LogP contribution in [-0.2, 0) is 22.9 Å². The molecule has 2 N–H and O–H groups in total. The van der Waals surface area contributed by atoms with Crippen molar-refractivity contribution in [3.63, 3.8) is 0 Å². The molecule has 1 aromatic carbocycles. The van der Waals surface area contributed by atoms with E-state index in [1.165, 1.54) is 0 Å². The lowest BCUT2D eigenvalue weighted by Gasteiger charge is -2.13. The van der Waals surface area contributed by atoms with Gasteiger partial charge in [0.05, 0.1) is 5.75 Å². The zero-order chi connectivity index (χ0) is 20.3. The Bertz CT molecular complexity index is 1100. The first-order chi connectivity index (χ1) is 14.0. The molecule has 1 aliphatic carbocycles. The minimum Gasteiger partial charge on any atom is -0.340 e. The Morgan fingerprint density at radius 3 is 2.41 bits per heavy atom. The van der Waals surface area contributed by atoms with E-state index in [0.29, 0.717) is 17.9 Å². The van der Waals surface area contributed by atoms with Gasteiger partial charge in [0.2, 0.25) is 10.0 Å². The summed E-state index contributed by atoms with van der Waals surface area (Å²) in [6, 6.07) is 11.0. The highest BCUT2D eigenvalue weighted by atomic mass is 32.2. The first kappa shape index (κ1) is 19.3. The second-order valence-corrected chi connectivity index (χ2v) is 8.88. The molecule has 0 unspecified atom stereocenters. The minimum absolute atomic E-state index is 0.109. The number of nitrogens with zero attached hydrogens (tertiary/aromatic N) is 3. The fraction of sp³-hybridized carbons (Fsp3) is 0.286. The fourth-order valence-corrected chi connectivity index (χ4v) is 4.56. The van der Waals surface area contributed by atoms with E-state index in [1.54, 1.807) is 24.5 Å². The number of rotatable bonds is 7. The molecule has 0 fully saturated rings. The lowest BCUT2D eigenvalue weighted by molar-refractivity contribution is 0.600. The first-order valence-electron chi connectivity index (χ1n) is 9.72. The molecule has 2 aromatic heterocycles. The van der Waals surface area contributed by atoms with E-state index in [9.17, 15) is 8.42 Å². The van der Waals surface area contributed by atoms with Gasteiger partial charge < -0.3 is 5.32 Å². The molecule has 0 saturated carbocycles. The summed E-state index contributed by atoms with van der Waals surface area (Å²) in [6.45, 7) is 1.84. The maximum Gasteiger partial charge on any atom is 0.232 e. The van der Waals surface area contributed by atoms with Crippen molar-refractivity contribution >= 4 is 27.2 Å². The van der Waals surface area contributed by atoms with E-state index in [4.69, 9.17) is 9.97 Å². The van der Waals surface area contributed by atoms with Crippen LogP contribution >= 0.6 is 0 Å². The van der Waals surface area contributed by atoms with Crippen LogP contribution in [0.4, 0.5) is 17.2 Å². The molecule has 7 nitrogen and oxygen atoms in total. The molecule has 0 radical (unpaired) electrons. The lowest BCUT2D eigenvalue weighted by Crippen LogP contribution is -2.15. The molecular formula is C21H23N5O2S. The van der Waals surface area contributed by atoms with Crippen molar-refractivity contribution in [1.29, 1.82) is 0 Å². The quantitative estimate of drug-likeness (QED) is 0.614. The fourth-order valence-electron chi connectivity index (χ4n) is 3.42. The summed E-state index contributed by atoms with van der Waals surface area (Å²) in [4.78, 5) is 13.6. The van der Waals surface area contributed by atoms with Gasteiger partial charge >= 0.3 is 0 Å². The van der Waals surface area contributed by atoms with Crippen LogP contribution in [0.5, 0.6) is 0 Å². The maximum absolute atomic E-state index is 11.9. The number of sulfonamides is 1. The van der Waals surface area contributed by atoms with Crippen molar-refractivity contribution in [2.75, 3.05) is 15.8 Å². The van der Waals surface area contributed by atoms with Crippen molar-refractivity contribution in [3.8, 4) is 11.4 Å². The summed E-state index contributed by atoms with van der Waals surface area (Å²) in [7, 11) is -3.30. The van der Waals surface area contributed by atoms with Gasteiger partial charge in [-0.1, -0.05) is 6.92 Å². The summed E-state index contributed by atoms with van der Waals surface area (Å²) in [6.07, 6.45) is 7.00. The molecule has 3 aromatic rings. The summed E-state index contributed by atoms with van der Waals surface area (Å²) < 4.78 is 26.5. The molecule has 0 saturated heterocycles. The van der Waals surface area contributed by atoms with E-state index in [1.807, 2.05) is 31.2 Å². The van der Waals surface area contributed by atoms with Crippen LogP contribution in [0.1, 0.15) is 31.0 Å². The van der Waals surface area contributed by atoms with Crippen LogP contribution in [0.2, 0.25) is 0 Å². The average Bonchev–Trinajstić information content (AvgIpc) is 3.19. The smallest absolute Gasteiger partial charge is 0.232 e. The van der Waals surface area contributed by atoms with Crippen molar-refractivity contribution < 1.29 is 8.42 Å². The SMILES string of the molecule is CCCS(=O)(=O)Nc1ccc(Nc2nc(-c3ccncc3)nc3c2CCC3)cc1. The normalized spacial score (nSPS) is 13.1. The van der Waals surface area contributed by atoms with Gasteiger partial charge in [0.1, 0.15) is 5.82 Å². The average molecular weight is 410 g/mol. The molecule has 1 aliphatic rings. The standard InChI is InChI=1S/C21H23N5O2S/c1-2-14-29(27,28)26-17-8-6-16(7-9-17)23-21-18-4-3-5-19(18)24-20(25-21)15-10-12-22-13-11-15/h6-13,26H,2-5,14H2,1H3,(H,23,24,25). The Morgan fingerprint density at radius 1 is 0.966 bits per heavy atom. The molecule has 2 heterocycles. The molecule has 0 spiro atoms. The highest BCUT2D eigenvalue weighted by molar-refractivity contribution is 7.92. The van der Waals surface area contributed by atoms with Crippen LogP contribution in [0.25, 0.3) is 11.4 Å². The topological polar surface area (TPSA) is 96.9 Å². The largest absolute Gasteiger partial charge is 0.340 e. The third-order valence-corrected chi connectivity index (χ3v) is 6.26. The lowest BCUT2D eigenvalue weighted by atomic mass is 10.2. The Morgan fingerprint density at radius 2 is 1.69 bits per heavy atom. The number of anilines is 3. The van der Waals surface area contributed by atoms with Crippen LogP contribution in [0, 0.1) is 0 Å². The molecule has 150 valence electrons. The van der Waals surface area contributed by atoms with Crippen LogP contribution in [-0.4, -0.2) is 29.1 Å². The molecule has 0 amide bonds. The van der Waals surface area contributed by atoms with Gasteiger partial charge in [-0.05, 0) is 62.1 Å². The minimum atomic E-state index is -3.30. The number of fused-ring (bicyclic) bond motifs is 1. The first-order valence-corrected chi connectivity index (χ1v) is 11.4. The van der Waals surface area contributed by atoms with Gasteiger partial charge in [-0.25, -0.2) is 18.4 Å². The number of nitrogens with one attached hydrogen (secondary N) is 2. The second kappa shape index (κ2) is 8.16. The summed E-state index contributed by atoms with van der Waals surface area (Å²) in [5.74, 6) is 1.59. The van der Waals surface area contributed by atoms with E-state index >= 15 is 0 Å². The van der Waals surface area contributed by atoms with Gasteiger partial charge in [-0.15, -0.1) is 0 Å². The molecule has 4 rings (SSSR count).